The van der Waals surface area contributed by atoms with E-state index in [9.17, 15) is 14.7 Å². The van der Waals surface area contributed by atoms with Crippen LogP contribution < -0.4 is 5.32 Å². The van der Waals surface area contributed by atoms with Gasteiger partial charge in [0.2, 0.25) is 5.91 Å². The van der Waals surface area contributed by atoms with E-state index in [4.69, 9.17) is 0 Å². The van der Waals surface area contributed by atoms with Gasteiger partial charge in [0.05, 0.1) is 17.5 Å². The Labute approximate surface area is 127 Å². The molecule has 1 aromatic carbocycles. The number of fused-ring (bicyclic) bond motifs is 1. The minimum absolute atomic E-state index is 0.0423. The third-order valence-corrected chi connectivity index (χ3v) is 5.14. The maximum atomic E-state index is 12.5. The smallest absolute Gasteiger partial charge is 0.254 e. The van der Waals surface area contributed by atoms with E-state index < -0.39 is 6.10 Å². The van der Waals surface area contributed by atoms with Crippen molar-refractivity contribution in [3.8, 4) is 0 Å². The molecule has 1 fully saturated rings. The van der Waals surface area contributed by atoms with Gasteiger partial charge in [0, 0.05) is 23.5 Å². The molecule has 2 aliphatic heterocycles. The molecule has 2 unspecified atom stereocenters. The van der Waals surface area contributed by atoms with Crippen molar-refractivity contribution in [3.05, 3.63) is 23.8 Å². The highest BCUT2D eigenvalue weighted by Gasteiger charge is 2.28. The number of likely N-dealkylation sites (tertiary alicyclic amines) is 1. The van der Waals surface area contributed by atoms with E-state index >= 15 is 0 Å². The maximum Gasteiger partial charge on any atom is 0.254 e. The number of β-amino-alcohol motifs (C(OH)–C–C–N with tert-alkyl or cyclic N) is 1. The Morgan fingerprint density at radius 2 is 2.29 bits per heavy atom. The van der Waals surface area contributed by atoms with Gasteiger partial charge in [-0.1, -0.05) is 6.92 Å². The first kappa shape index (κ1) is 14.4. The second kappa shape index (κ2) is 5.69. The number of rotatable bonds is 1. The van der Waals surface area contributed by atoms with Gasteiger partial charge in [-0.15, -0.1) is 11.8 Å². The zero-order chi connectivity index (χ0) is 15.0. The molecule has 112 valence electrons. The van der Waals surface area contributed by atoms with Crippen LogP contribution in [0.15, 0.2) is 23.1 Å². The Balaban J connectivity index is 1.79. The lowest BCUT2D eigenvalue weighted by molar-refractivity contribution is -0.113. The first-order valence-corrected chi connectivity index (χ1v) is 8.07. The monoisotopic (exact) mass is 306 g/mol. The third kappa shape index (κ3) is 2.91. The molecule has 0 aromatic heterocycles. The zero-order valence-electron chi connectivity index (χ0n) is 11.8. The van der Waals surface area contributed by atoms with Crippen molar-refractivity contribution in [3.63, 3.8) is 0 Å². The number of carbonyl (C=O) groups is 2. The average Bonchev–Trinajstić information content (AvgIpc) is 2.48. The van der Waals surface area contributed by atoms with E-state index in [1.807, 2.05) is 13.0 Å². The Hall–Kier alpha value is -1.53. The van der Waals surface area contributed by atoms with Crippen molar-refractivity contribution in [2.45, 2.75) is 24.3 Å². The van der Waals surface area contributed by atoms with Crippen LogP contribution in [0.2, 0.25) is 0 Å². The van der Waals surface area contributed by atoms with Gasteiger partial charge in [-0.2, -0.15) is 0 Å². The molecule has 0 radical (unpaired) electrons. The number of aliphatic hydroxyl groups excluding tert-OH is 1. The van der Waals surface area contributed by atoms with Crippen molar-refractivity contribution in [2.24, 2.45) is 5.92 Å². The second-order valence-electron chi connectivity index (χ2n) is 5.63. The molecule has 3 rings (SSSR count). The summed E-state index contributed by atoms with van der Waals surface area (Å²) >= 11 is 1.48. The molecule has 2 N–H and O–H groups in total. The zero-order valence-corrected chi connectivity index (χ0v) is 12.7. The van der Waals surface area contributed by atoms with E-state index in [0.717, 1.165) is 11.3 Å². The van der Waals surface area contributed by atoms with Gasteiger partial charge < -0.3 is 15.3 Å². The van der Waals surface area contributed by atoms with Crippen molar-refractivity contribution in [1.29, 1.82) is 0 Å². The number of benzene rings is 1. The maximum absolute atomic E-state index is 12.5. The van der Waals surface area contributed by atoms with Crippen LogP contribution in [-0.4, -0.2) is 46.8 Å². The number of anilines is 1. The summed E-state index contributed by atoms with van der Waals surface area (Å²) in [4.78, 5) is 26.6. The van der Waals surface area contributed by atoms with E-state index in [2.05, 4.69) is 5.32 Å². The van der Waals surface area contributed by atoms with E-state index in [0.29, 0.717) is 30.1 Å². The highest BCUT2D eigenvalue weighted by molar-refractivity contribution is 8.00. The number of aliphatic hydroxyl groups is 1. The minimum Gasteiger partial charge on any atom is -0.391 e. The fourth-order valence-corrected chi connectivity index (χ4v) is 3.42. The van der Waals surface area contributed by atoms with Crippen LogP contribution in [0.25, 0.3) is 0 Å². The molecule has 0 spiro atoms. The summed E-state index contributed by atoms with van der Waals surface area (Å²) in [7, 11) is 0. The van der Waals surface area contributed by atoms with Gasteiger partial charge in [-0.3, -0.25) is 9.59 Å². The highest BCUT2D eigenvalue weighted by atomic mass is 32.2. The molecule has 2 heterocycles. The number of hydrogen-bond donors (Lipinski definition) is 2. The molecule has 6 heteroatoms. The number of thioether (sulfide) groups is 1. The summed E-state index contributed by atoms with van der Waals surface area (Å²) in [5, 5.41) is 12.7. The number of carbonyl (C=O) groups excluding carboxylic acids is 2. The molecule has 2 aliphatic rings. The Morgan fingerprint density at radius 1 is 1.48 bits per heavy atom. The van der Waals surface area contributed by atoms with Crippen molar-refractivity contribution >= 4 is 29.3 Å². The van der Waals surface area contributed by atoms with Crippen LogP contribution in [0.4, 0.5) is 5.69 Å². The van der Waals surface area contributed by atoms with Crippen LogP contribution in [0.1, 0.15) is 23.7 Å². The molecule has 0 aliphatic carbocycles. The third-order valence-electron chi connectivity index (χ3n) is 4.07. The lowest BCUT2D eigenvalue weighted by Gasteiger charge is -2.34. The molecule has 21 heavy (non-hydrogen) atoms. The number of hydrogen-bond acceptors (Lipinski definition) is 4. The van der Waals surface area contributed by atoms with Crippen LogP contribution >= 0.6 is 11.8 Å². The Morgan fingerprint density at radius 3 is 3.05 bits per heavy atom. The SMILES string of the molecule is CC1CCN(C(=O)c2ccc3c(c2)NC(=O)CS3)CC1O. The molecule has 2 amide bonds. The fraction of sp³-hybridized carbons (Fsp3) is 0.467. The summed E-state index contributed by atoms with van der Waals surface area (Å²) in [6.07, 6.45) is 0.348. The van der Waals surface area contributed by atoms with E-state index in [1.165, 1.54) is 11.8 Å². The number of nitrogens with one attached hydrogen (secondary N) is 1. The van der Waals surface area contributed by atoms with Gasteiger partial charge in [-0.05, 0) is 30.5 Å². The van der Waals surface area contributed by atoms with Crippen LogP contribution in [-0.2, 0) is 4.79 Å². The fourth-order valence-electron chi connectivity index (χ4n) is 2.63. The number of amides is 2. The lowest BCUT2D eigenvalue weighted by Crippen LogP contribution is -2.45. The average molecular weight is 306 g/mol. The van der Waals surface area contributed by atoms with Crippen molar-refractivity contribution < 1.29 is 14.7 Å². The summed E-state index contributed by atoms with van der Waals surface area (Å²) in [6.45, 7) is 3.03. The van der Waals surface area contributed by atoms with Gasteiger partial charge in [0.1, 0.15) is 0 Å². The lowest BCUT2D eigenvalue weighted by atomic mass is 9.95. The molecule has 5 nitrogen and oxygen atoms in total. The molecule has 1 saturated heterocycles. The molecular formula is C15H18N2O3S. The van der Waals surface area contributed by atoms with Gasteiger partial charge in [-0.25, -0.2) is 0 Å². The minimum atomic E-state index is -0.462. The van der Waals surface area contributed by atoms with Crippen LogP contribution in [0.5, 0.6) is 0 Å². The van der Waals surface area contributed by atoms with Crippen molar-refractivity contribution in [2.75, 3.05) is 24.2 Å². The predicted octanol–water partition coefficient (Wildman–Crippen LogP) is 1.57. The molecule has 1 aromatic rings. The Kier molecular flexibility index (Phi) is 3.91. The topological polar surface area (TPSA) is 69.6 Å². The normalized spacial score (nSPS) is 25.2. The highest BCUT2D eigenvalue weighted by Crippen LogP contribution is 2.32. The predicted molar refractivity (Wildman–Crippen MR) is 81.5 cm³/mol. The molecule has 0 bridgehead atoms. The Bertz CT molecular complexity index is 590. The molecule has 2 atom stereocenters. The quantitative estimate of drug-likeness (QED) is 0.826. The summed E-state index contributed by atoms with van der Waals surface area (Å²) in [6, 6.07) is 5.39. The van der Waals surface area contributed by atoms with E-state index in [-0.39, 0.29) is 17.7 Å². The molecule has 0 saturated carbocycles. The summed E-state index contributed by atoms with van der Waals surface area (Å²) < 4.78 is 0. The van der Waals surface area contributed by atoms with Crippen molar-refractivity contribution in [1.82, 2.24) is 4.90 Å². The molecular weight excluding hydrogens is 288 g/mol. The van der Waals surface area contributed by atoms with Gasteiger partial charge in [0.25, 0.3) is 5.91 Å². The van der Waals surface area contributed by atoms with Gasteiger partial charge in [0.15, 0.2) is 0 Å². The number of piperidine rings is 1. The van der Waals surface area contributed by atoms with Gasteiger partial charge >= 0.3 is 0 Å². The van der Waals surface area contributed by atoms with Crippen LogP contribution in [0.3, 0.4) is 0 Å². The number of nitrogens with zero attached hydrogens (tertiary/aromatic N) is 1. The van der Waals surface area contributed by atoms with Crippen LogP contribution in [0, 0.1) is 5.92 Å². The summed E-state index contributed by atoms with van der Waals surface area (Å²) in [5.41, 5.74) is 1.26. The second-order valence-corrected chi connectivity index (χ2v) is 6.65. The first-order valence-electron chi connectivity index (χ1n) is 7.08. The largest absolute Gasteiger partial charge is 0.391 e. The summed E-state index contributed by atoms with van der Waals surface area (Å²) in [5.74, 6) is 0.511. The van der Waals surface area contributed by atoms with E-state index in [1.54, 1.807) is 17.0 Å². The standard InChI is InChI=1S/C15H18N2O3S/c1-9-4-5-17(7-12(9)18)15(20)10-2-3-13-11(6-10)16-14(19)8-21-13/h2-3,6,9,12,18H,4-5,7-8H2,1H3,(H,16,19). The first-order chi connectivity index (χ1) is 10.0.